The van der Waals surface area contributed by atoms with Crippen LogP contribution < -0.4 is 0 Å². The Bertz CT molecular complexity index is 494. The van der Waals surface area contributed by atoms with Crippen LogP contribution in [0.3, 0.4) is 0 Å². The molecule has 0 bridgehead atoms. The highest BCUT2D eigenvalue weighted by Crippen LogP contribution is 2.21. The van der Waals surface area contributed by atoms with Gasteiger partial charge in [0.15, 0.2) is 0 Å². The first-order valence-corrected chi connectivity index (χ1v) is 6.83. The van der Waals surface area contributed by atoms with E-state index in [0.717, 1.165) is 12.8 Å². The molecule has 0 saturated heterocycles. The lowest BCUT2D eigenvalue weighted by atomic mass is 9.92. The normalized spacial score (nSPS) is 12.4. The van der Waals surface area contributed by atoms with Crippen molar-refractivity contribution in [2.75, 3.05) is 0 Å². The number of aryl methyl sites for hydroxylation is 2. The van der Waals surface area contributed by atoms with Crippen LogP contribution in [-0.4, -0.2) is 0 Å². The highest BCUT2D eigenvalue weighted by molar-refractivity contribution is 5.28. The molecule has 18 heavy (non-hydrogen) atoms. The van der Waals surface area contributed by atoms with Gasteiger partial charge in [-0.3, -0.25) is 0 Å². The molecule has 0 aliphatic rings. The quantitative estimate of drug-likeness (QED) is 0.710. The zero-order valence-electron chi connectivity index (χ0n) is 11.6. The molecule has 2 aromatic rings. The Hall–Kier alpha value is -1.56. The van der Waals surface area contributed by atoms with E-state index in [9.17, 15) is 0 Å². The zero-order chi connectivity index (χ0) is 13.0. The van der Waals surface area contributed by atoms with E-state index in [1.165, 1.54) is 22.3 Å². The fourth-order valence-electron chi connectivity index (χ4n) is 2.39. The molecule has 0 heterocycles. The first-order valence-electron chi connectivity index (χ1n) is 6.83. The average molecular weight is 238 g/mol. The Morgan fingerprint density at radius 2 is 1.67 bits per heavy atom. The lowest BCUT2D eigenvalue weighted by molar-refractivity contribution is 0.758. The topological polar surface area (TPSA) is 0 Å². The van der Waals surface area contributed by atoms with Gasteiger partial charge in [-0.05, 0) is 42.4 Å². The van der Waals surface area contributed by atoms with Gasteiger partial charge in [0, 0.05) is 0 Å². The first-order chi connectivity index (χ1) is 8.69. The van der Waals surface area contributed by atoms with E-state index in [0.29, 0.717) is 5.92 Å². The first kappa shape index (κ1) is 12.9. The smallest absolute Gasteiger partial charge is 0.0150 e. The molecule has 0 aliphatic carbocycles. The summed E-state index contributed by atoms with van der Waals surface area (Å²) in [7, 11) is 0. The summed E-state index contributed by atoms with van der Waals surface area (Å²) in [6.07, 6.45) is 2.24. The number of rotatable bonds is 4. The molecule has 1 atom stereocenters. The van der Waals surface area contributed by atoms with Crippen molar-refractivity contribution >= 4 is 0 Å². The third-order valence-electron chi connectivity index (χ3n) is 3.58. The monoisotopic (exact) mass is 238 g/mol. The van der Waals surface area contributed by atoms with E-state index in [4.69, 9.17) is 0 Å². The van der Waals surface area contributed by atoms with Crippen molar-refractivity contribution in [1.29, 1.82) is 0 Å². The van der Waals surface area contributed by atoms with Crippen LogP contribution in [0.15, 0.2) is 48.5 Å². The lowest BCUT2D eigenvalue weighted by Crippen LogP contribution is -1.99. The molecule has 0 N–H and O–H groups in total. The predicted molar refractivity (Wildman–Crippen MR) is 79.1 cm³/mol. The van der Waals surface area contributed by atoms with E-state index in [1.807, 2.05) is 0 Å². The zero-order valence-corrected chi connectivity index (χ0v) is 11.6. The minimum atomic E-state index is 0.581. The van der Waals surface area contributed by atoms with Crippen molar-refractivity contribution in [2.45, 2.75) is 39.5 Å². The maximum absolute atomic E-state index is 2.31. The minimum absolute atomic E-state index is 0.581. The van der Waals surface area contributed by atoms with E-state index in [2.05, 4.69) is 69.3 Å². The maximum Gasteiger partial charge on any atom is -0.0150 e. The Morgan fingerprint density at radius 3 is 2.28 bits per heavy atom. The van der Waals surface area contributed by atoms with Crippen LogP contribution in [0, 0.1) is 6.92 Å². The van der Waals surface area contributed by atoms with Crippen molar-refractivity contribution < 1.29 is 0 Å². The molecule has 0 spiro atoms. The third-order valence-corrected chi connectivity index (χ3v) is 3.58. The molecular formula is C18H22. The van der Waals surface area contributed by atoms with Gasteiger partial charge in [0.05, 0.1) is 0 Å². The Labute approximate surface area is 111 Å². The Morgan fingerprint density at radius 1 is 0.944 bits per heavy atom. The molecule has 2 rings (SSSR count). The second-order valence-electron chi connectivity index (χ2n) is 5.19. The van der Waals surface area contributed by atoms with Crippen molar-refractivity contribution in [3.8, 4) is 0 Å². The van der Waals surface area contributed by atoms with Gasteiger partial charge in [-0.25, -0.2) is 0 Å². The van der Waals surface area contributed by atoms with Crippen molar-refractivity contribution in [3.05, 3.63) is 70.8 Å². The molecule has 0 nitrogen and oxygen atoms in total. The van der Waals surface area contributed by atoms with E-state index < -0.39 is 0 Å². The molecular weight excluding hydrogens is 216 g/mol. The highest BCUT2D eigenvalue weighted by Gasteiger charge is 2.06. The van der Waals surface area contributed by atoms with Crippen molar-refractivity contribution in [3.63, 3.8) is 0 Å². The van der Waals surface area contributed by atoms with E-state index in [1.54, 1.807) is 0 Å². The molecule has 0 radical (unpaired) electrons. The van der Waals surface area contributed by atoms with Crippen LogP contribution in [0.5, 0.6) is 0 Å². The van der Waals surface area contributed by atoms with Crippen molar-refractivity contribution in [2.24, 2.45) is 0 Å². The van der Waals surface area contributed by atoms with Gasteiger partial charge in [-0.1, -0.05) is 67.9 Å². The molecule has 0 aromatic heterocycles. The van der Waals surface area contributed by atoms with Crippen LogP contribution >= 0.6 is 0 Å². The fraction of sp³-hybridized carbons (Fsp3) is 0.333. The van der Waals surface area contributed by atoms with Gasteiger partial charge in [-0.2, -0.15) is 0 Å². The minimum Gasteiger partial charge on any atom is -0.0617 e. The molecule has 0 amide bonds. The summed E-state index contributed by atoms with van der Waals surface area (Å²) in [6.45, 7) is 6.67. The van der Waals surface area contributed by atoms with Crippen molar-refractivity contribution in [1.82, 2.24) is 0 Å². The third kappa shape index (κ3) is 3.22. The molecule has 0 saturated carbocycles. The fourth-order valence-corrected chi connectivity index (χ4v) is 2.39. The molecule has 1 unspecified atom stereocenters. The van der Waals surface area contributed by atoms with Crippen LogP contribution in [0.1, 0.15) is 42.0 Å². The largest absolute Gasteiger partial charge is 0.0617 e. The van der Waals surface area contributed by atoms with Crippen LogP contribution in [0.25, 0.3) is 0 Å². The SMILES string of the molecule is CCc1ccc(C(C)Cc2cccc(C)c2)cc1. The number of benzene rings is 2. The summed E-state index contributed by atoms with van der Waals surface area (Å²) in [5.74, 6) is 0.581. The molecule has 2 aromatic carbocycles. The number of hydrogen-bond donors (Lipinski definition) is 0. The summed E-state index contributed by atoms with van der Waals surface area (Å²) in [5.41, 5.74) is 5.64. The summed E-state index contributed by atoms with van der Waals surface area (Å²) in [6, 6.07) is 17.9. The second kappa shape index (κ2) is 5.86. The second-order valence-corrected chi connectivity index (χ2v) is 5.19. The van der Waals surface area contributed by atoms with Gasteiger partial charge < -0.3 is 0 Å². The van der Waals surface area contributed by atoms with Crippen LogP contribution in [0.2, 0.25) is 0 Å². The van der Waals surface area contributed by atoms with Crippen LogP contribution in [0.4, 0.5) is 0 Å². The van der Waals surface area contributed by atoms with Gasteiger partial charge in [0.2, 0.25) is 0 Å². The van der Waals surface area contributed by atoms with Gasteiger partial charge in [0.1, 0.15) is 0 Å². The lowest BCUT2D eigenvalue weighted by Gasteiger charge is -2.13. The Balaban J connectivity index is 2.09. The maximum atomic E-state index is 2.31. The van der Waals surface area contributed by atoms with Gasteiger partial charge >= 0.3 is 0 Å². The molecule has 0 fully saturated rings. The summed E-state index contributed by atoms with van der Waals surface area (Å²) < 4.78 is 0. The highest BCUT2D eigenvalue weighted by atomic mass is 14.1. The average Bonchev–Trinajstić information content (AvgIpc) is 2.39. The molecule has 0 aliphatic heterocycles. The van der Waals surface area contributed by atoms with Crippen LogP contribution in [-0.2, 0) is 12.8 Å². The predicted octanol–water partition coefficient (Wildman–Crippen LogP) is 4.90. The van der Waals surface area contributed by atoms with E-state index >= 15 is 0 Å². The molecule has 94 valence electrons. The van der Waals surface area contributed by atoms with Gasteiger partial charge in [-0.15, -0.1) is 0 Å². The molecule has 0 heteroatoms. The standard InChI is InChI=1S/C18H22/c1-4-16-8-10-18(11-9-16)15(3)13-17-7-5-6-14(2)12-17/h5-12,15H,4,13H2,1-3H3. The summed E-state index contributed by atoms with van der Waals surface area (Å²) >= 11 is 0. The van der Waals surface area contributed by atoms with Gasteiger partial charge in [0.25, 0.3) is 0 Å². The number of hydrogen-bond acceptors (Lipinski definition) is 0. The Kier molecular flexibility index (Phi) is 4.19. The summed E-state index contributed by atoms with van der Waals surface area (Å²) in [4.78, 5) is 0. The van der Waals surface area contributed by atoms with E-state index in [-0.39, 0.29) is 0 Å². The summed E-state index contributed by atoms with van der Waals surface area (Å²) in [5, 5.41) is 0.